The molecule has 0 amide bonds. The molecule has 0 aromatic heterocycles. The summed E-state index contributed by atoms with van der Waals surface area (Å²) in [5.41, 5.74) is 5.57. The topological polar surface area (TPSA) is 69.7 Å². The molecule has 2 unspecified atom stereocenters. The number of hydrogen-bond donors (Lipinski definition) is 3. The van der Waals surface area contributed by atoms with Gasteiger partial charge in [0, 0.05) is 18.6 Å². The van der Waals surface area contributed by atoms with Gasteiger partial charge < -0.3 is 20.8 Å². The third kappa shape index (κ3) is 6.95. The maximum absolute atomic E-state index is 9.18. The first kappa shape index (κ1) is 12.8. The van der Waals surface area contributed by atoms with Crippen LogP contribution in [0.25, 0.3) is 0 Å². The molecule has 0 aromatic carbocycles. The molecule has 4 heteroatoms. The van der Waals surface area contributed by atoms with E-state index in [9.17, 15) is 5.11 Å². The minimum Gasteiger partial charge on any atom is -0.395 e. The summed E-state index contributed by atoms with van der Waals surface area (Å²) in [7, 11) is 1.91. The predicted molar refractivity (Wildman–Crippen MR) is 53.5 cm³/mol. The average Bonchev–Trinajstić information content (AvgIpc) is 1.81. The Hall–Kier alpha value is -0.160. The fraction of sp³-hybridized carbons (Fsp3) is 1.00. The summed E-state index contributed by atoms with van der Waals surface area (Å²) >= 11 is 0. The molecular formula is C9H22N2O2. The van der Waals surface area contributed by atoms with Crippen molar-refractivity contribution in [2.24, 2.45) is 5.73 Å². The van der Waals surface area contributed by atoms with Crippen molar-refractivity contribution in [1.29, 1.82) is 0 Å². The van der Waals surface area contributed by atoms with Crippen molar-refractivity contribution in [3.8, 4) is 0 Å². The molecule has 0 rings (SSSR count). The van der Waals surface area contributed by atoms with Crippen LogP contribution in [0, 0.1) is 0 Å². The van der Waals surface area contributed by atoms with E-state index in [2.05, 4.69) is 0 Å². The molecule has 4 nitrogen and oxygen atoms in total. The molecule has 13 heavy (non-hydrogen) atoms. The van der Waals surface area contributed by atoms with E-state index in [0.29, 0.717) is 19.5 Å². The van der Waals surface area contributed by atoms with Crippen LogP contribution in [0.5, 0.6) is 0 Å². The van der Waals surface area contributed by atoms with Crippen molar-refractivity contribution < 1.29 is 10.2 Å². The maximum Gasteiger partial charge on any atom is 0.0558 e. The van der Waals surface area contributed by atoms with Crippen LogP contribution in [0.2, 0.25) is 0 Å². The number of aliphatic hydroxyl groups is 2. The van der Waals surface area contributed by atoms with Crippen molar-refractivity contribution in [2.45, 2.75) is 31.9 Å². The lowest BCUT2D eigenvalue weighted by Gasteiger charge is -2.30. The van der Waals surface area contributed by atoms with Crippen LogP contribution in [0.3, 0.4) is 0 Å². The van der Waals surface area contributed by atoms with Crippen molar-refractivity contribution >= 4 is 0 Å². The Morgan fingerprint density at radius 3 is 2.46 bits per heavy atom. The van der Waals surface area contributed by atoms with E-state index in [-0.39, 0.29) is 12.7 Å². The summed E-state index contributed by atoms with van der Waals surface area (Å²) in [6, 6.07) is 0. The van der Waals surface area contributed by atoms with Crippen LogP contribution in [-0.2, 0) is 0 Å². The number of aliphatic hydroxyl groups excluding tert-OH is 2. The Morgan fingerprint density at radius 1 is 1.54 bits per heavy atom. The molecule has 2 atom stereocenters. The molecule has 0 bridgehead atoms. The van der Waals surface area contributed by atoms with Gasteiger partial charge in [-0.3, -0.25) is 0 Å². The fourth-order valence-corrected chi connectivity index (χ4v) is 1.61. The van der Waals surface area contributed by atoms with Crippen LogP contribution >= 0.6 is 0 Å². The molecular weight excluding hydrogens is 168 g/mol. The largest absolute Gasteiger partial charge is 0.395 e. The van der Waals surface area contributed by atoms with Gasteiger partial charge in [-0.15, -0.1) is 0 Å². The highest BCUT2D eigenvalue weighted by Crippen LogP contribution is 2.10. The van der Waals surface area contributed by atoms with Crippen molar-refractivity contribution in [1.82, 2.24) is 4.90 Å². The second kappa shape index (κ2) is 5.54. The quantitative estimate of drug-likeness (QED) is 0.523. The summed E-state index contributed by atoms with van der Waals surface area (Å²) in [5, 5.41) is 17.9. The molecule has 80 valence electrons. The molecule has 0 spiro atoms. The van der Waals surface area contributed by atoms with Gasteiger partial charge in [0.1, 0.15) is 0 Å². The summed E-state index contributed by atoms with van der Waals surface area (Å²) in [6.45, 7) is 5.08. The van der Waals surface area contributed by atoms with Gasteiger partial charge in [0.25, 0.3) is 0 Å². The van der Waals surface area contributed by atoms with Gasteiger partial charge >= 0.3 is 0 Å². The molecule has 4 N–H and O–H groups in total. The van der Waals surface area contributed by atoms with Crippen molar-refractivity contribution in [3.63, 3.8) is 0 Å². The van der Waals surface area contributed by atoms with Gasteiger partial charge in [-0.2, -0.15) is 0 Å². The first-order chi connectivity index (χ1) is 5.87. The highest BCUT2D eigenvalue weighted by atomic mass is 16.3. The Kier molecular flexibility index (Phi) is 5.48. The Labute approximate surface area is 80.3 Å². The second-order valence-corrected chi connectivity index (χ2v) is 4.17. The van der Waals surface area contributed by atoms with Crippen LogP contribution < -0.4 is 5.73 Å². The molecule has 0 heterocycles. The zero-order valence-electron chi connectivity index (χ0n) is 8.82. The molecule has 0 aromatic rings. The van der Waals surface area contributed by atoms with E-state index in [1.165, 1.54) is 0 Å². The lowest BCUT2D eigenvalue weighted by molar-refractivity contribution is 0.129. The SMILES string of the molecule is CC(O)CC(C)(N)CN(C)CCO. The molecule has 0 fully saturated rings. The van der Waals surface area contributed by atoms with Gasteiger partial charge in [0.2, 0.25) is 0 Å². The summed E-state index contributed by atoms with van der Waals surface area (Å²) in [6.07, 6.45) is 0.195. The van der Waals surface area contributed by atoms with E-state index < -0.39 is 5.54 Å². The van der Waals surface area contributed by atoms with E-state index >= 15 is 0 Å². The molecule has 0 saturated heterocycles. The maximum atomic E-state index is 9.18. The second-order valence-electron chi connectivity index (χ2n) is 4.17. The number of nitrogens with two attached hydrogens (primary N) is 1. The van der Waals surface area contributed by atoms with E-state index in [4.69, 9.17) is 10.8 Å². The third-order valence-electron chi connectivity index (χ3n) is 1.87. The van der Waals surface area contributed by atoms with Gasteiger partial charge in [0.05, 0.1) is 12.7 Å². The normalized spacial score (nSPS) is 18.7. The lowest BCUT2D eigenvalue weighted by atomic mass is 9.95. The van der Waals surface area contributed by atoms with Gasteiger partial charge in [0.15, 0.2) is 0 Å². The number of likely N-dealkylation sites (N-methyl/N-ethyl adjacent to an activating group) is 1. The van der Waals surface area contributed by atoms with Crippen LogP contribution in [0.1, 0.15) is 20.3 Å². The van der Waals surface area contributed by atoms with Crippen LogP contribution in [0.15, 0.2) is 0 Å². The highest BCUT2D eigenvalue weighted by molar-refractivity contribution is 4.83. The zero-order chi connectivity index (χ0) is 10.5. The van der Waals surface area contributed by atoms with Gasteiger partial charge in [-0.05, 0) is 27.3 Å². The van der Waals surface area contributed by atoms with Crippen molar-refractivity contribution in [3.05, 3.63) is 0 Å². The van der Waals surface area contributed by atoms with E-state index in [1.54, 1.807) is 6.92 Å². The smallest absolute Gasteiger partial charge is 0.0558 e. The molecule has 0 saturated carbocycles. The minimum atomic E-state index is -0.391. The predicted octanol–water partition coefficient (Wildman–Crippen LogP) is -0.601. The zero-order valence-corrected chi connectivity index (χ0v) is 8.82. The summed E-state index contributed by atoms with van der Waals surface area (Å²) in [5.74, 6) is 0. The number of nitrogens with zero attached hydrogens (tertiary/aromatic N) is 1. The minimum absolute atomic E-state index is 0.140. The number of rotatable bonds is 6. The van der Waals surface area contributed by atoms with Crippen LogP contribution in [-0.4, -0.2) is 53.5 Å². The van der Waals surface area contributed by atoms with E-state index in [0.717, 1.165) is 0 Å². The highest BCUT2D eigenvalue weighted by Gasteiger charge is 2.22. The monoisotopic (exact) mass is 190 g/mol. The standard InChI is InChI=1S/C9H22N2O2/c1-8(13)6-9(2,10)7-11(3)4-5-12/h8,12-13H,4-7,10H2,1-3H3. The Balaban J connectivity index is 3.85. The van der Waals surface area contributed by atoms with Crippen LogP contribution in [0.4, 0.5) is 0 Å². The van der Waals surface area contributed by atoms with E-state index in [1.807, 2.05) is 18.9 Å². The fourth-order valence-electron chi connectivity index (χ4n) is 1.61. The average molecular weight is 190 g/mol. The van der Waals surface area contributed by atoms with Gasteiger partial charge in [-0.1, -0.05) is 0 Å². The number of hydrogen-bond acceptors (Lipinski definition) is 4. The summed E-state index contributed by atoms with van der Waals surface area (Å²) < 4.78 is 0. The summed E-state index contributed by atoms with van der Waals surface area (Å²) in [4.78, 5) is 1.96. The first-order valence-electron chi connectivity index (χ1n) is 4.64. The Morgan fingerprint density at radius 2 is 2.08 bits per heavy atom. The molecule has 0 aliphatic heterocycles. The Bertz CT molecular complexity index is 138. The van der Waals surface area contributed by atoms with Gasteiger partial charge in [-0.25, -0.2) is 0 Å². The molecule has 0 aliphatic rings. The third-order valence-corrected chi connectivity index (χ3v) is 1.87. The molecule has 0 radical (unpaired) electrons. The molecule has 0 aliphatic carbocycles. The lowest BCUT2D eigenvalue weighted by Crippen LogP contribution is -2.49. The first-order valence-corrected chi connectivity index (χ1v) is 4.64. The van der Waals surface area contributed by atoms with Crippen molar-refractivity contribution in [2.75, 3.05) is 26.7 Å².